The van der Waals surface area contributed by atoms with Gasteiger partial charge in [-0.15, -0.1) is 0 Å². The lowest BCUT2D eigenvalue weighted by Gasteiger charge is -2.44. The molecule has 4 nitrogen and oxygen atoms in total. The molecule has 0 N–H and O–H groups in total. The number of carbonyl (C=O) groups excluding carboxylic acids is 2. The Kier molecular flexibility index (Phi) is 6.25. The van der Waals surface area contributed by atoms with Gasteiger partial charge < -0.3 is 9.47 Å². The average Bonchev–Trinajstić information content (AvgIpc) is 2.85. The Morgan fingerprint density at radius 2 is 2.21 bits per heavy atom. The Morgan fingerprint density at radius 3 is 2.88 bits per heavy atom. The van der Waals surface area contributed by atoms with Gasteiger partial charge in [-0.05, 0) is 50.4 Å². The van der Waals surface area contributed by atoms with Crippen LogP contribution >= 0.6 is 0 Å². The lowest BCUT2D eigenvalue weighted by molar-refractivity contribution is -0.153. The Morgan fingerprint density at radius 1 is 1.46 bits per heavy atom. The summed E-state index contributed by atoms with van der Waals surface area (Å²) in [6.07, 6.45) is 10.8. The molecule has 0 amide bonds. The Balaban J connectivity index is 2.01. The van der Waals surface area contributed by atoms with Crippen molar-refractivity contribution < 1.29 is 19.1 Å². The third-order valence-electron chi connectivity index (χ3n) is 5.58. The quantitative estimate of drug-likeness (QED) is 0.415. The van der Waals surface area contributed by atoms with Crippen molar-refractivity contribution in [1.82, 2.24) is 0 Å². The van der Waals surface area contributed by atoms with Crippen LogP contribution in [0.5, 0.6) is 0 Å². The lowest BCUT2D eigenvalue weighted by atomic mass is 9.63. The number of esters is 2. The van der Waals surface area contributed by atoms with E-state index in [2.05, 4.69) is 19.9 Å². The molecule has 0 heterocycles. The van der Waals surface area contributed by atoms with Crippen molar-refractivity contribution in [2.75, 3.05) is 6.61 Å². The average molecular weight is 334 g/mol. The van der Waals surface area contributed by atoms with Gasteiger partial charge in [0.1, 0.15) is 6.10 Å². The number of hydrogen-bond donors (Lipinski definition) is 0. The zero-order valence-electron chi connectivity index (χ0n) is 15.3. The van der Waals surface area contributed by atoms with Crippen LogP contribution in [0.15, 0.2) is 23.8 Å². The summed E-state index contributed by atoms with van der Waals surface area (Å²) in [7, 11) is 0. The van der Waals surface area contributed by atoms with Crippen LogP contribution in [0.4, 0.5) is 0 Å². The van der Waals surface area contributed by atoms with Gasteiger partial charge in [-0.1, -0.05) is 31.6 Å². The smallest absolute Gasteiger partial charge is 0.330 e. The van der Waals surface area contributed by atoms with E-state index >= 15 is 0 Å². The van der Waals surface area contributed by atoms with Crippen molar-refractivity contribution >= 4 is 11.9 Å². The molecule has 4 atom stereocenters. The van der Waals surface area contributed by atoms with Crippen LogP contribution < -0.4 is 0 Å². The van der Waals surface area contributed by atoms with E-state index < -0.39 is 0 Å². The first-order valence-corrected chi connectivity index (χ1v) is 9.09. The maximum Gasteiger partial charge on any atom is 0.330 e. The number of allylic oxidation sites excluding steroid dienone is 3. The van der Waals surface area contributed by atoms with Gasteiger partial charge >= 0.3 is 11.9 Å². The van der Waals surface area contributed by atoms with Crippen LogP contribution in [0.3, 0.4) is 0 Å². The molecule has 0 saturated heterocycles. The fourth-order valence-electron chi connectivity index (χ4n) is 4.53. The van der Waals surface area contributed by atoms with E-state index in [-0.39, 0.29) is 23.5 Å². The first kappa shape index (κ1) is 18.8. The SMILES string of the molecule is CCOC(=O)C=CC[C@H](C)C1=CC[C@H]2[C@@H](OC(C)=O)CCC[C@]12C. The topological polar surface area (TPSA) is 52.6 Å². The number of rotatable bonds is 6. The van der Waals surface area contributed by atoms with Gasteiger partial charge in [0.25, 0.3) is 0 Å². The van der Waals surface area contributed by atoms with Crippen molar-refractivity contribution in [2.24, 2.45) is 17.3 Å². The highest BCUT2D eigenvalue weighted by molar-refractivity contribution is 5.81. The van der Waals surface area contributed by atoms with Gasteiger partial charge in [0.2, 0.25) is 0 Å². The highest BCUT2D eigenvalue weighted by atomic mass is 16.5. The number of hydrogen-bond acceptors (Lipinski definition) is 4. The predicted octanol–water partition coefficient (Wildman–Crippen LogP) is 4.20. The molecule has 2 rings (SSSR count). The van der Waals surface area contributed by atoms with E-state index in [0.717, 1.165) is 32.1 Å². The molecular weight excluding hydrogens is 304 g/mol. The van der Waals surface area contributed by atoms with Crippen LogP contribution in [0, 0.1) is 17.3 Å². The van der Waals surface area contributed by atoms with E-state index in [9.17, 15) is 9.59 Å². The summed E-state index contributed by atoms with van der Waals surface area (Å²) in [4.78, 5) is 22.8. The molecule has 0 aromatic heterocycles. The second-order valence-corrected chi connectivity index (χ2v) is 7.25. The molecule has 0 radical (unpaired) electrons. The minimum atomic E-state index is -0.276. The van der Waals surface area contributed by atoms with Gasteiger partial charge in [0, 0.05) is 18.9 Å². The standard InChI is InChI=1S/C20H30O4/c1-5-23-19(22)10-6-8-14(2)16-11-12-17-18(24-15(3)21)9-7-13-20(16,17)4/h6,10-11,14,17-18H,5,7-9,12-13H2,1-4H3/t14-,17-,18-,20+/m0/s1. The van der Waals surface area contributed by atoms with E-state index in [1.807, 2.05) is 6.08 Å². The maximum atomic E-state index is 11.4. The molecule has 1 saturated carbocycles. The monoisotopic (exact) mass is 334 g/mol. The van der Waals surface area contributed by atoms with Gasteiger partial charge in [-0.3, -0.25) is 4.79 Å². The van der Waals surface area contributed by atoms with Gasteiger partial charge in [-0.25, -0.2) is 4.79 Å². The van der Waals surface area contributed by atoms with Crippen molar-refractivity contribution in [3.8, 4) is 0 Å². The summed E-state index contributed by atoms with van der Waals surface area (Å²) in [5.41, 5.74) is 1.56. The van der Waals surface area contributed by atoms with Crippen LogP contribution in [0.2, 0.25) is 0 Å². The first-order chi connectivity index (χ1) is 11.4. The van der Waals surface area contributed by atoms with Crippen molar-refractivity contribution in [3.63, 3.8) is 0 Å². The maximum absolute atomic E-state index is 11.4. The Bertz CT molecular complexity index is 534. The highest BCUT2D eigenvalue weighted by Gasteiger charge is 2.49. The summed E-state index contributed by atoms with van der Waals surface area (Å²) in [6, 6.07) is 0. The summed E-state index contributed by atoms with van der Waals surface area (Å²) in [5, 5.41) is 0. The molecule has 24 heavy (non-hydrogen) atoms. The third kappa shape index (κ3) is 4.08. The molecule has 2 aliphatic carbocycles. The van der Waals surface area contributed by atoms with E-state index in [4.69, 9.17) is 9.47 Å². The molecule has 0 spiro atoms. The normalized spacial score (nSPS) is 30.6. The molecule has 134 valence electrons. The van der Waals surface area contributed by atoms with Crippen molar-refractivity contribution in [2.45, 2.75) is 65.9 Å². The molecule has 4 heteroatoms. The number of fused-ring (bicyclic) bond motifs is 1. The number of carbonyl (C=O) groups is 2. The van der Waals surface area contributed by atoms with Crippen molar-refractivity contribution in [3.05, 3.63) is 23.8 Å². The molecule has 0 aromatic rings. The molecule has 0 aliphatic heterocycles. The van der Waals surface area contributed by atoms with Gasteiger partial charge in [-0.2, -0.15) is 0 Å². The van der Waals surface area contributed by atoms with E-state index in [0.29, 0.717) is 18.4 Å². The fourth-order valence-corrected chi connectivity index (χ4v) is 4.53. The molecule has 1 fully saturated rings. The van der Waals surface area contributed by atoms with Crippen LogP contribution in [0.25, 0.3) is 0 Å². The highest BCUT2D eigenvalue weighted by Crippen LogP contribution is 2.55. The Hall–Kier alpha value is -1.58. The van der Waals surface area contributed by atoms with Crippen LogP contribution in [-0.4, -0.2) is 24.6 Å². The van der Waals surface area contributed by atoms with Crippen molar-refractivity contribution in [1.29, 1.82) is 0 Å². The first-order valence-electron chi connectivity index (χ1n) is 9.09. The van der Waals surface area contributed by atoms with Crippen LogP contribution in [-0.2, 0) is 19.1 Å². The van der Waals surface area contributed by atoms with E-state index in [1.165, 1.54) is 18.6 Å². The van der Waals surface area contributed by atoms with E-state index in [1.54, 1.807) is 6.92 Å². The summed E-state index contributed by atoms with van der Waals surface area (Å²) < 4.78 is 10.5. The summed E-state index contributed by atoms with van der Waals surface area (Å²) >= 11 is 0. The second kappa shape index (κ2) is 8.00. The Labute approximate surface area is 145 Å². The second-order valence-electron chi connectivity index (χ2n) is 7.25. The largest absolute Gasteiger partial charge is 0.463 e. The zero-order chi connectivity index (χ0) is 17.7. The summed E-state index contributed by atoms with van der Waals surface area (Å²) in [6.45, 7) is 8.24. The minimum absolute atomic E-state index is 0.0391. The van der Waals surface area contributed by atoms with Crippen LogP contribution in [0.1, 0.15) is 59.8 Å². The molecule has 0 aromatic carbocycles. The van der Waals surface area contributed by atoms with Gasteiger partial charge in [0.15, 0.2) is 0 Å². The lowest BCUT2D eigenvalue weighted by Crippen LogP contribution is -2.41. The third-order valence-corrected chi connectivity index (χ3v) is 5.58. The fraction of sp³-hybridized carbons (Fsp3) is 0.700. The minimum Gasteiger partial charge on any atom is -0.463 e. The molecule has 0 bridgehead atoms. The summed E-state index contributed by atoms with van der Waals surface area (Å²) in [5.74, 6) is 0.313. The predicted molar refractivity (Wildman–Crippen MR) is 93.3 cm³/mol. The molecule has 2 aliphatic rings. The molecular formula is C20H30O4. The zero-order valence-corrected chi connectivity index (χ0v) is 15.3. The van der Waals surface area contributed by atoms with Gasteiger partial charge in [0.05, 0.1) is 6.61 Å². The number of ether oxygens (including phenoxy) is 2. The molecule has 0 unspecified atom stereocenters.